The van der Waals surface area contributed by atoms with Gasteiger partial charge in [-0.25, -0.2) is 9.38 Å². The molecule has 4 nitrogen and oxygen atoms in total. The Morgan fingerprint density at radius 3 is 2.39 bits per heavy atom. The zero-order valence-corrected chi connectivity index (χ0v) is 9.60. The highest BCUT2D eigenvalue weighted by molar-refractivity contribution is 5.79. The molecular weight excluding hydrogens is 231 g/mol. The van der Waals surface area contributed by atoms with E-state index in [2.05, 4.69) is 10.3 Å². The van der Waals surface area contributed by atoms with Gasteiger partial charge in [0.15, 0.2) is 5.96 Å². The molecule has 2 rings (SSSR count). The third kappa shape index (κ3) is 3.21. The Morgan fingerprint density at radius 1 is 1.00 bits per heavy atom. The second-order valence-corrected chi connectivity index (χ2v) is 3.72. The van der Waals surface area contributed by atoms with Crippen LogP contribution >= 0.6 is 0 Å². The predicted molar refractivity (Wildman–Crippen MR) is 71.6 cm³/mol. The maximum absolute atomic E-state index is 12.8. The molecule has 5 N–H and O–H groups in total. The second kappa shape index (κ2) is 5.18. The van der Waals surface area contributed by atoms with Crippen molar-refractivity contribution in [1.82, 2.24) is 0 Å². The summed E-state index contributed by atoms with van der Waals surface area (Å²) in [5.74, 6) is -0.260. The molecule has 0 saturated carbocycles. The molecule has 0 saturated heterocycles. The van der Waals surface area contributed by atoms with Gasteiger partial charge in [-0.3, -0.25) is 0 Å². The van der Waals surface area contributed by atoms with Crippen LogP contribution in [0.25, 0.3) is 0 Å². The van der Waals surface area contributed by atoms with Gasteiger partial charge >= 0.3 is 0 Å². The fourth-order valence-electron chi connectivity index (χ4n) is 1.50. The molecule has 0 bridgehead atoms. The molecule has 0 radical (unpaired) electrons. The number of hydrogen-bond donors (Lipinski definition) is 3. The minimum Gasteiger partial charge on any atom is -0.370 e. The maximum atomic E-state index is 12.8. The lowest BCUT2D eigenvalue weighted by Gasteiger charge is -2.06. The van der Waals surface area contributed by atoms with Crippen LogP contribution in [0.1, 0.15) is 0 Å². The zero-order valence-electron chi connectivity index (χ0n) is 9.60. The molecule has 0 amide bonds. The van der Waals surface area contributed by atoms with Gasteiger partial charge in [0.1, 0.15) is 5.82 Å². The molecule has 0 aromatic heterocycles. The molecule has 2 aromatic rings. The number of nitrogens with one attached hydrogen (secondary N) is 1. The minimum absolute atomic E-state index is 0.00827. The summed E-state index contributed by atoms with van der Waals surface area (Å²) in [5.41, 5.74) is 12.9. The first kappa shape index (κ1) is 11.9. The first-order valence-electron chi connectivity index (χ1n) is 5.36. The highest BCUT2D eigenvalue weighted by atomic mass is 19.1. The van der Waals surface area contributed by atoms with Crippen LogP contribution in [0.5, 0.6) is 0 Å². The van der Waals surface area contributed by atoms with Crippen molar-refractivity contribution in [2.24, 2.45) is 16.5 Å². The Balaban J connectivity index is 2.19. The Bertz CT molecular complexity index is 559. The predicted octanol–water partition coefficient (Wildman–Crippen LogP) is 2.47. The van der Waals surface area contributed by atoms with E-state index < -0.39 is 0 Å². The summed E-state index contributed by atoms with van der Waals surface area (Å²) in [6, 6.07) is 13.4. The van der Waals surface area contributed by atoms with E-state index in [0.29, 0.717) is 5.69 Å². The molecule has 0 aliphatic carbocycles. The van der Waals surface area contributed by atoms with Gasteiger partial charge in [-0.2, -0.15) is 0 Å². The normalized spacial score (nSPS) is 9.83. The van der Waals surface area contributed by atoms with Crippen molar-refractivity contribution in [2.45, 2.75) is 0 Å². The Labute approximate surface area is 104 Å². The van der Waals surface area contributed by atoms with Crippen LogP contribution in [0.4, 0.5) is 21.5 Å². The summed E-state index contributed by atoms with van der Waals surface area (Å²) in [6.07, 6.45) is 0. The summed E-state index contributed by atoms with van der Waals surface area (Å²) >= 11 is 0. The Morgan fingerprint density at radius 2 is 1.72 bits per heavy atom. The van der Waals surface area contributed by atoms with Gasteiger partial charge in [0.05, 0.1) is 5.69 Å². The van der Waals surface area contributed by atoms with E-state index >= 15 is 0 Å². The van der Waals surface area contributed by atoms with Crippen molar-refractivity contribution < 1.29 is 4.39 Å². The molecule has 0 aliphatic heterocycles. The smallest absolute Gasteiger partial charge is 0.191 e. The lowest BCUT2D eigenvalue weighted by atomic mass is 10.2. The topological polar surface area (TPSA) is 76.4 Å². The van der Waals surface area contributed by atoms with Crippen molar-refractivity contribution in [3.8, 4) is 0 Å². The minimum atomic E-state index is -0.269. The van der Waals surface area contributed by atoms with E-state index in [0.717, 1.165) is 11.4 Å². The fraction of sp³-hybridized carbons (Fsp3) is 0. The quantitative estimate of drug-likeness (QED) is 0.573. The highest BCUT2D eigenvalue weighted by Crippen LogP contribution is 2.21. The van der Waals surface area contributed by atoms with Crippen molar-refractivity contribution in [3.05, 3.63) is 54.3 Å². The van der Waals surface area contributed by atoms with Crippen LogP contribution in [0.15, 0.2) is 53.5 Å². The van der Waals surface area contributed by atoms with Crippen LogP contribution in [-0.4, -0.2) is 5.96 Å². The lowest BCUT2D eigenvalue weighted by molar-refractivity contribution is 0.628. The summed E-state index contributed by atoms with van der Waals surface area (Å²) in [7, 11) is 0. The molecular formula is C13H13FN4. The summed E-state index contributed by atoms with van der Waals surface area (Å²) in [6.45, 7) is 0. The number of aliphatic imine (C=N–C) groups is 1. The number of hydrogen-bond acceptors (Lipinski definition) is 2. The van der Waals surface area contributed by atoms with E-state index in [4.69, 9.17) is 11.5 Å². The SMILES string of the molecule is NC(N)=Nc1cccc(Nc2ccc(F)cc2)c1. The van der Waals surface area contributed by atoms with Crippen LogP contribution < -0.4 is 16.8 Å². The van der Waals surface area contributed by atoms with Crippen LogP contribution in [0.3, 0.4) is 0 Å². The molecule has 5 heteroatoms. The monoisotopic (exact) mass is 244 g/mol. The zero-order chi connectivity index (χ0) is 13.0. The molecule has 0 aliphatic rings. The number of rotatable bonds is 3. The van der Waals surface area contributed by atoms with E-state index in [-0.39, 0.29) is 11.8 Å². The van der Waals surface area contributed by atoms with Crippen LogP contribution in [0.2, 0.25) is 0 Å². The largest absolute Gasteiger partial charge is 0.370 e. The average Bonchev–Trinajstić information content (AvgIpc) is 2.32. The maximum Gasteiger partial charge on any atom is 0.191 e. The fourth-order valence-corrected chi connectivity index (χ4v) is 1.50. The number of halogens is 1. The van der Waals surface area contributed by atoms with Crippen LogP contribution in [0, 0.1) is 5.82 Å². The van der Waals surface area contributed by atoms with Gasteiger partial charge in [0.25, 0.3) is 0 Å². The molecule has 0 unspecified atom stereocenters. The number of guanidine groups is 1. The number of nitrogens with two attached hydrogens (primary N) is 2. The average molecular weight is 244 g/mol. The van der Waals surface area contributed by atoms with E-state index in [1.54, 1.807) is 24.3 Å². The van der Waals surface area contributed by atoms with Crippen molar-refractivity contribution in [2.75, 3.05) is 5.32 Å². The summed E-state index contributed by atoms with van der Waals surface area (Å²) in [5, 5.41) is 3.13. The molecule has 0 atom stereocenters. The molecule has 0 fully saturated rings. The molecule has 0 heterocycles. The second-order valence-electron chi connectivity index (χ2n) is 3.72. The molecule has 0 spiro atoms. The van der Waals surface area contributed by atoms with E-state index in [9.17, 15) is 4.39 Å². The van der Waals surface area contributed by atoms with E-state index in [1.807, 2.05) is 12.1 Å². The third-order valence-electron chi connectivity index (χ3n) is 2.24. The number of nitrogens with zero attached hydrogens (tertiary/aromatic N) is 1. The van der Waals surface area contributed by atoms with Gasteiger partial charge in [0.2, 0.25) is 0 Å². The first-order valence-corrected chi connectivity index (χ1v) is 5.36. The molecule has 92 valence electrons. The molecule has 18 heavy (non-hydrogen) atoms. The number of anilines is 2. The van der Waals surface area contributed by atoms with Gasteiger partial charge < -0.3 is 16.8 Å². The van der Waals surface area contributed by atoms with Gasteiger partial charge in [-0.05, 0) is 42.5 Å². The van der Waals surface area contributed by atoms with Gasteiger partial charge in [-0.15, -0.1) is 0 Å². The van der Waals surface area contributed by atoms with Crippen molar-refractivity contribution in [3.63, 3.8) is 0 Å². The first-order chi connectivity index (χ1) is 8.63. The Hall–Kier alpha value is -2.56. The van der Waals surface area contributed by atoms with Gasteiger partial charge in [0, 0.05) is 11.4 Å². The van der Waals surface area contributed by atoms with Gasteiger partial charge in [-0.1, -0.05) is 6.07 Å². The highest BCUT2D eigenvalue weighted by Gasteiger charge is 1.97. The summed E-state index contributed by atoms with van der Waals surface area (Å²) < 4.78 is 12.8. The van der Waals surface area contributed by atoms with Crippen molar-refractivity contribution in [1.29, 1.82) is 0 Å². The molecule has 2 aromatic carbocycles. The standard InChI is InChI=1S/C13H13FN4/c14-9-4-6-10(7-5-9)17-11-2-1-3-12(8-11)18-13(15)16/h1-8,17H,(H4,15,16,18). The van der Waals surface area contributed by atoms with Crippen LogP contribution in [-0.2, 0) is 0 Å². The van der Waals surface area contributed by atoms with E-state index in [1.165, 1.54) is 12.1 Å². The lowest BCUT2D eigenvalue weighted by Crippen LogP contribution is -2.21. The number of benzene rings is 2. The summed E-state index contributed by atoms with van der Waals surface area (Å²) in [4.78, 5) is 3.95. The third-order valence-corrected chi connectivity index (χ3v) is 2.24. The van der Waals surface area contributed by atoms with Crippen molar-refractivity contribution >= 4 is 23.0 Å². The Kier molecular flexibility index (Phi) is 3.43.